The van der Waals surface area contributed by atoms with E-state index in [1.165, 1.54) is 0 Å². The van der Waals surface area contributed by atoms with E-state index in [1.807, 2.05) is 30.3 Å². The topological polar surface area (TPSA) is 61.8 Å². The molecule has 0 saturated carbocycles. The number of hydrogen-bond acceptors (Lipinski definition) is 4. The van der Waals surface area contributed by atoms with Crippen LogP contribution in [0.5, 0.6) is 0 Å². The van der Waals surface area contributed by atoms with Crippen LogP contribution in [0.1, 0.15) is 12.0 Å². The van der Waals surface area contributed by atoms with Crippen molar-refractivity contribution in [3.05, 3.63) is 35.9 Å². The first-order chi connectivity index (χ1) is 9.70. The summed E-state index contributed by atoms with van der Waals surface area (Å²) in [6.07, 6.45) is 0.0573. The van der Waals surface area contributed by atoms with E-state index in [0.29, 0.717) is 32.7 Å². The second-order valence-corrected chi connectivity index (χ2v) is 5.09. The number of ether oxygens (including phenoxy) is 1. The van der Waals surface area contributed by atoms with E-state index >= 15 is 0 Å². The van der Waals surface area contributed by atoms with Crippen LogP contribution >= 0.6 is 0 Å². The first-order valence-corrected chi connectivity index (χ1v) is 6.94. The number of aliphatic hydroxyl groups is 1. The molecule has 0 aromatic heterocycles. The van der Waals surface area contributed by atoms with Crippen molar-refractivity contribution in [2.45, 2.75) is 25.1 Å². The van der Waals surface area contributed by atoms with Gasteiger partial charge in [0.25, 0.3) is 0 Å². The van der Waals surface area contributed by atoms with Gasteiger partial charge in [0.15, 0.2) is 0 Å². The van der Waals surface area contributed by atoms with Crippen molar-refractivity contribution in [1.82, 2.24) is 10.2 Å². The van der Waals surface area contributed by atoms with Gasteiger partial charge in [-0.05, 0) is 12.0 Å². The molecule has 2 N–H and O–H groups in total. The lowest BCUT2D eigenvalue weighted by Crippen LogP contribution is -2.44. The Morgan fingerprint density at radius 2 is 2.20 bits per heavy atom. The van der Waals surface area contributed by atoms with E-state index in [2.05, 4.69) is 5.32 Å². The maximum Gasteiger partial charge on any atom is 0.240 e. The van der Waals surface area contributed by atoms with E-state index in [1.54, 1.807) is 12.0 Å². The first-order valence-electron chi connectivity index (χ1n) is 6.94. The second-order valence-electron chi connectivity index (χ2n) is 5.09. The van der Waals surface area contributed by atoms with Crippen LogP contribution in [-0.2, 0) is 16.1 Å². The highest BCUT2D eigenvalue weighted by Gasteiger charge is 2.31. The Morgan fingerprint density at radius 3 is 2.80 bits per heavy atom. The van der Waals surface area contributed by atoms with Gasteiger partial charge in [0.1, 0.15) is 0 Å². The Morgan fingerprint density at radius 1 is 1.45 bits per heavy atom. The number of carbonyl (C=O) groups excluding carboxylic acids is 1. The molecular weight excluding hydrogens is 256 g/mol. The summed E-state index contributed by atoms with van der Waals surface area (Å²) >= 11 is 0. The molecule has 2 unspecified atom stereocenters. The standard InChI is InChI=1S/C15H22N2O3/c1-20-8-7-17(11-12-5-3-2-4-6-12)15(19)14-9-13(18)10-16-14/h2-6,13-14,16,18H,7-11H2,1H3. The monoisotopic (exact) mass is 278 g/mol. The van der Waals surface area contributed by atoms with Gasteiger partial charge >= 0.3 is 0 Å². The number of amides is 1. The summed E-state index contributed by atoms with van der Waals surface area (Å²) < 4.78 is 5.08. The lowest BCUT2D eigenvalue weighted by molar-refractivity contribution is -0.134. The zero-order valence-corrected chi connectivity index (χ0v) is 11.8. The first kappa shape index (κ1) is 15.0. The quantitative estimate of drug-likeness (QED) is 0.790. The summed E-state index contributed by atoms with van der Waals surface area (Å²) in [5.41, 5.74) is 1.09. The molecule has 1 fully saturated rings. The van der Waals surface area contributed by atoms with Crippen LogP contribution < -0.4 is 5.32 Å². The normalized spacial score (nSPS) is 21.9. The van der Waals surface area contributed by atoms with Crippen molar-refractivity contribution in [3.8, 4) is 0 Å². The molecule has 0 radical (unpaired) electrons. The summed E-state index contributed by atoms with van der Waals surface area (Å²) in [6.45, 7) is 2.11. The van der Waals surface area contributed by atoms with Crippen molar-refractivity contribution in [1.29, 1.82) is 0 Å². The average molecular weight is 278 g/mol. The Balaban J connectivity index is 2.00. The zero-order chi connectivity index (χ0) is 14.4. The van der Waals surface area contributed by atoms with Gasteiger partial charge in [-0.1, -0.05) is 30.3 Å². The summed E-state index contributed by atoms with van der Waals surface area (Å²) in [5.74, 6) is 0.0300. The molecule has 1 aliphatic rings. The second kappa shape index (κ2) is 7.38. The highest BCUT2D eigenvalue weighted by atomic mass is 16.5. The van der Waals surface area contributed by atoms with Crippen LogP contribution in [0.4, 0.5) is 0 Å². The van der Waals surface area contributed by atoms with Crippen LogP contribution in [0.3, 0.4) is 0 Å². The van der Waals surface area contributed by atoms with Crippen molar-refractivity contribution in [3.63, 3.8) is 0 Å². The molecule has 1 aliphatic heterocycles. The minimum Gasteiger partial charge on any atom is -0.392 e. The zero-order valence-electron chi connectivity index (χ0n) is 11.8. The van der Waals surface area contributed by atoms with Gasteiger partial charge in [0, 0.05) is 26.7 Å². The van der Waals surface area contributed by atoms with Crippen LogP contribution in [0.25, 0.3) is 0 Å². The number of hydrogen-bond donors (Lipinski definition) is 2. The highest BCUT2D eigenvalue weighted by Crippen LogP contribution is 2.12. The predicted molar refractivity (Wildman–Crippen MR) is 76.1 cm³/mol. The van der Waals surface area contributed by atoms with Crippen LogP contribution in [0, 0.1) is 0 Å². The van der Waals surface area contributed by atoms with Crippen LogP contribution in [0.15, 0.2) is 30.3 Å². The molecule has 1 amide bonds. The molecule has 1 aromatic carbocycles. The lowest BCUT2D eigenvalue weighted by Gasteiger charge is -2.25. The van der Waals surface area contributed by atoms with Crippen molar-refractivity contribution < 1.29 is 14.6 Å². The number of benzene rings is 1. The van der Waals surface area contributed by atoms with E-state index < -0.39 is 6.10 Å². The average Bonchev–Trinajstić information content (AvgIpc) is 2.90. The number of nitrogens with zero attached hydrogens (tertiary/aromatic N) is 1. The van der Waals surface area contributed by atoms with Crippen LogP contribution in [-0.4, -0.2) is 54.9 Å². The SMILES string of the molecule is COCCN(Cc1ccccc1)C(=O)C1CC(O)CN1. The summed E-state index contributed by atoms with van der Waals surface area (Å²) in [6, 6.07) is 9.61. The molecule has 1 saturated heterocycles. The van der Waals surface area contributed by atoms with Gasteiger partial charge in [0.05, 0.1) is 18.8 Å². The number of rotatable bonds is 6. The molecule has 110 valence electrons. The van der Waals surface area contributed by atoms with Crippen molar-refractivity contribution in [2.24, 2.45) is 0 Å². The summed E-state index contributed by atoms with van der Waals surface area (Å²) in [7, 11) is 1.63. The number of methoxy groups -OCH3 is 1. The third kappa shape index (κ3) is 4.03. The van der Waals surface area contributed by atoms with E-state index in [4.69, 9.17) is 4.74 Å². The fourth-order valence-electron chi connectivity index (χ4n) is 2.40. The maximum atomic E-state index is 12.5. The smallest absolute Gasteiger partial charge is 0.240 e. The molecule has 20 heavy (non-hydrogen) atoms. The van der Waals surface area contributed by atoms with Gasteiger partial charge in [-0.3, -0.25) is 4.79 Å². The maximum absolute atomic E-state index is 12.5. The van der Waals surface area contributed by atoms with Crippen molar-refractivity contribution in [2.75, 3.05) is 26.8 Å². The van der Waals surface area contributed by atoms with E-state index in [9.17, 15) is 9.90 Å². The predicted octanol–water partition coefficient (Wildman–Crippen LogP) is 0.384. The molecule has 5 nitrogen and oxygen atoms in total. The van der Waals surface area contributed by atoms with Crippen molar-refractivity contribution >= 4 is 5.91 Å². The molecule has 0 spiro atoms. The minimum atomic E-state index is -0.426. The molecule has 2 atom stereocenters. The molecule has 5 heteroatoms. The van der Waals surface area contributed by atoms with Gasteiger partial charge in [-0.15, -0.1) is 0 Å². The molecule has 1 heterocycles. The van der Waals surface area contributed by atoms with Gasteiger partial charge in [-0.2, -0.15) is 0 Å². The number of aliphatic hydroxyl groups excluding tert-OH is 1. The molecule has 2 rings (SSSR count). The summed E-state index contributed by atoms with van der Waals surface area (Å²) in [4.78, 5) is 14.3. The molecule has 1 aromatic rings. The van der Waals surface area contributed by atoms with E-state index in [-0.39, 0.29) is 11.9 Å². The highest BCUT2D eigenvalue weighted by molar-refractivity contribution is 5.82. The van der Waals surface area contributed by atoms with Gasteiger partial charge < -0.3 is 20.1 Å². The molecular formula is C15H22N2O3. The molecule has 0 bridgehead atoms. The molecule has 0 aliphatic carbocycles. The Bertz CT molecular complexity index is 424. The minimum absolute atomic E-state index is 0.0300. The Kier molecular flexibility index (Phi) is 5.52. The third-order valence-corrected chi connectivity index (χ3v) is 3.50. The lowest BCUT2D eigenvalue weighted by atomic mass is 10.1. The van der Waals surface area contributed by atoms with Crippen LogP contribution in [0.2, 0.25) is 0 Å². The van der Waals surface area contributed by atoms with Gasteiger partial charge in [0.2, 0.25) is 5.91 Å². The largest absolute Gasteiger partial charge is 0.392 e. The fourth-order valence-corrected chi connectivity index (χ4v) is 2.40. The third-order valence-electron chi connectivity index (χ3n) is 3.50. The number of carbonyl (C=O) groups is 1. The van der Waals surface area contributed by atoms with Gasteiger partial charge in [-0.25, -0.2) is 0 Å². The number of nitrogens with one attached hydrogen (secondary N) is 1. The summed E-state index contributed by atoms with van der Waals surface area (Å²) in [5, 5.41) is 12.6. The fraction of sp³-hybridized carbons (Fsp3) is 0.533. The Hall–Kier alpha value is -1.43. The Labute approximate surface area is 119 Å². The number of β-amino-alcohol motifs (C(OH)–C–C–N with tert-alkyl or cyclic N) is 1. The van der Waals surface area contributed by atoms with E-state index in [0.717, 1.165) is 5.56 Å².